The molecule has 3 nitrogen and oxygen atoms in total. The zero-order chi connectivity index (χ0) is 17.3. The van der Waals surface area contributed by atoms with Crippen LogP contribution in [0.25, 0.3) is 0 Å². The van der Waals surface area contributed by atoms with E-state index in [1.54, 1.807) is 0 Å². The van der Waals surface area contributed by atoms with Gasteiger partial charge in [0.15, 0.2) is 0 Å². The lowest BCUT2D eigenvalue weighted by molar-refractivity contribution is -0.134. The molecule has 1 aliphatic rings. The van der Waals surface area contributed by atoms with Gasteiger partial charge in [-0.3, -0.25) is 4.79 Å². The van der Waals surface area contributed by atoms with Gasteiger partial charge in [-0.15, -0.1) is 0 Å². The van der Waals surface area contributed by atoms with Crippen LogP contribution >= 0.6 is 0 Å². The normalized spacial score (nSPS) is 20.6. The van der Waals surface area contributed by atoms with Crippen molar-refractivity contribution in [2.75, 3.05) is 6.61 Å². The van der Waals surface area contributed by atoms with Crippen LogP contribution in [0, 0.1) is 5.92 Å². The summed E-state index contributed by atoms with van der Waals surface area (Å²) < 4.78 is 11.9. The predicted molar refractivity (Wildman–Crippen MR) is 98.1 cm³/mol. The van der Waals surface area contributed by atoms with Gasteiger partial charge in [-0.25, -0.2) is 0 Å². The summed E-state index contributed by atoms with van der Waals surface area (Å²) in [6.07, 6.45) is 3.32. The van der Waals surface area contributed by atoms with Gasteiger partial charge < -0.3 is 9.47 Å². The van der Waals surface area contributed by atoms with E-state index in [4.69, 9.17) is 9.47 Å². The van der Waals surface area contributed by atoms with Crippen molar-refractivity contribution < 1.29 is 14.3 Å². The topological polar surface area (TPSA) is 35.5 Å². The highest BCUT2D eigenvalue weighted by Gasteiger charge is 2.32. The Bertz CT molecular complexity index is 639. The molecule has 0 N–H and O–H groups in total. The Morgan fingerprint density at radius 2 is 1.52 bits per heavy atom. The molecule has 132 valence electrons. The standard InChI is InChI=1S/C22H26O3/c23-21-12-7-13-22(25-17-19-10-5-2-6-11-19)20(21)14-15-24-16-18-8-3-1-4-9-18/h1-6,8-11,20,22H,7,12-17H2/t20-,22-/m1/s1. The number of ether oxygens (including phenoxy) is 2. The molecule has 2 aromatic carbocycles. The van der Waals surface area contributed by atoms with Crippen molar-refractivity contribution in [2.24, 2.45) is 5.92 Å². The van der Waals surface area contributed by atoms with Crippen molar-refractivity contribution in [1.82, 2.24) is 0 Å². The number of ketones is 1. The van der Waals surface area contributed by atoms with Crippen LogP contribution < -0.4 is 0 Å². The van der Waals surface area contributed by atoms with Gasteiger partial charge in [-0.05, 0) is 30.4 Å². The average molecular weight is 338 g/mol. The first-order chi connectivity index (χ1) is 12.3. The summed E-state index contributed by atoms with van der Waals surface area (Å²) in [4.78, 5) is 12.3. The molecule has 1 saturated carbocycles. The molecule has 2 aromatic rings. The second-order valence-electron chi connectivity index (χ2n) is 6.63. The molecule has 3 rings (SSSR count). The molecular weight excluding hydrogens is 312 g/mol. The molecule has 0 spiro atoms. The Kier molecular flexibility index (Phi) is 6.78. The Labute approximate surface area is 150 Å². The minimum atomic E-state index is -0.0340. The van der Waals surface area contributed by atoms with Crippen LogP contribution in [0.4, 0.5) is 0 Å². The summed E-state index contributed by atoms with van der Waals surface area (Å²) in [5.74, 6) is 0.292. The minimum Gasteiger partial charge on any atom is -0.377 e. The molecule has 2 atom stereocenters. The third kappa shape index (κ3) is 5.52. The molecule has 25 heavy (non-hydrogen) atoms. The Morgan fingerprint density at radius 1 is 0.880 bits per heavy atom. The highest BCUT2D eigenvalue weighted by molar-refractivity contribution is 5.82. The van der Waals surface area contributed by atoms with Crippen LogP contribution in [0.2, 0.25) is 0 Å². The van der Waals surface area contributed by atoms with Gasteiger partial charge in [0.25, 0.3) is 0 Å². The van der Waals surface area contributed by atoms with Crippen LogP contribution in [0.1, 0.15) is 36.8 Å². The van der Waals surface area contributed by atoms with E-state index in [0.717, 1.165) is 30.4 Å². The summed E-state index contributed by atoms with van der Waals surface area (Å²) >= 11 is 0. The highest BCUT2D eigenvalue weighted by atomic mass is 16.5. The fraction of sp³-hybridized carbons (Fsp3) is 0.409. The summed E-state index contributed by atoms with van der Waals surface area (Å²) in [6, 6.07) is 20.3. The van der Waals surface area contributed by atoms with Crippen molar-refractivity contribution in [3.05, 3.63) is 71.8 Å². The van der Waals surface area contributed by atoms with Crippen LogP contribution in [0.5, 0.6) is 0 Å². The zero-order valence-corrected chi connectivity index (χ0v) is 14.6. The van der Waals surface area contributed by atoms with Gasteiger partial charge in [0.2, 0.25) is 0 Å². The van der Waals surface area contributed by atoms with Crippen molar-refractivity contribution >= 4 is 5.78 Å². The fourth-order valence-corrected chi connectivity index (χ4v) is 3.37. The van der Waals surface area contributed by atoms with E-state index in [9.17, 15) is 4.79 Å². The molecule has 0 unspecified atom stereocenters. The van der Waals surface area contributed by atoms with E-state index >= 15 is 0 Å². The number of rotatable bonds is 8. The van der Waals surface area contributed by atoms with E-state index in [1.165, 1.54) is 0 Å². The smallest absolute Gasteiger partial charge is 0.138 e. The van der Waals surface area contributed by atoms with Crippen molar-refractivity contribution in [1.29, 1.82) is 0 Å². The van der Waals surface area contributed by atoms with Gasteiger partial charge in [-0.2, -0.15) is 0 Å². The van der Waals surface area contributed by atoms with Gasteiger partial charge in [0.05, 0.1) is 19.3 Å². The summed E-state index contributed by atoms with van der Waals surface area (Å²) in [6.45, 7) is 1.76. The Balaban J connectivity index is 1.47. The highest BCUT2D eigenvalue weighted by Crippen LogP contribution is 2.27. The fourth-order valence-electron chi connectivity index (χ4n) is 3.37. The van der Waals surface area contributed by atoms with E-state index < -0.39 is 0 Å². The first-order valence-electron chi connectivity index (χ1n) is 9.13. The number of hydrogen-bond acceptors (Lipinski definition) is 3. The average Bonchev–Trinajstić information content (AvgIpc) is 2.66. The van der Waals surface area contributed by atoms with Gasteiger partial charge in [-0.1, -0.05) is 60.7 Å². The largest absolute Gasteiger partial charge is 0.377 e. The van der Waals surface area contributed by atoms with Crippen LogP contribution in [-0.4, -0.2) is 18.5 Å². The first kappa shape index (κ1) is 17.8. The molecule has 1 aliphatic carbocycles. The third-order valence-electron chi connectivity index (χ3n) is 4.77. The van der Waals surface area contributed by atoms with Crippen LogP contribution in [-0.2, 0) is 27.5 Å². The van der Waals surface area contributed by atoms with E-state index in [-0.39, 0.29) is 12.0 Å². The molecule has 0 heterocycles. The summed E-state index contributed by atoms with van der Waals surface area (Å²) in [5, 5.41) is 0. The van der Waals surface area contributed by atoms with Crippen LogP contribution in [0.3, 0.4) is 0 Å². The Hall–Kier alpha value is -1.97. The van der Waals surface area contributed by atoms with E-state index in [0.29, 0.717) is 32.0 Å². The number of benzene rings is 2. The molecule has 1 fully saturated rings. The molecule has 0 aromatic heterocycles. The maximum atomic E-state index is 12.3. The van der Waals surface area contributed by atoms with Crippen molar-refractivity contribution in [2.45, 2.75) is 45.0 Å². The SMILES string of the molecule is O=C1CCC[C@@H](OCc2ccccc2)[C@@H]1CCOCc1ccccc1. The number of Topliss-reactive ketones (excluding diaryl/α,β-unsaturated/α-hetero) is 1. The van der Waals surface area contributed by atoms with Crippen molar-refractivity contribution in [3.8, 4) is 0 Å². The van der Waals surface area contributed by atoms with Gasteiger partial charge in [0.1, 0.15) is 5.78 Å². The van der Waals surface area contributed by atoms with Crippen LogP contribution in [0.15, 0.2) is 60.7 Å². The monoisotopic (exact) mass is 338 g/mol. The lowest BCUT2D eigenvalue weighted by Crippen LogP contribution is -2.35. The molecule has 0 bridgehead atoms. The van der Waals surface area contributed by atoms with E-state index in [2.05, 4.69) is 24.3 Å². The maximum Gasteiger partial charge on any atom is 0.138 e. The molecule has 0 aliphatic heterocycles. The van der Waals surface area contributed by atoms with E-state index in [1.807, 2.05) is 36.4 Å². The maximum absolute atomic E-state index is 12.3. The molecule has 0 amide bonds. The summed E-state index contributed by atoms with van der Waals surface area (Å²) in [7, 11) is 0. The van der Waals surface area contributed by atoms with Gasteiger partial charge >= 0.3 is 0 Å². The second kappa shape index (κ2) is 9.50. The minimum absolute atomic E-state index is 0.0155. The molecule has 0 radical (unpaired) electrons. The second-order valence-corrected chi connectivity index (χ2v) is 6.63. The lowest BCUT2D eigenvalue weighted by Gasteiger charge is -2.30. The number of carbonyl (C=O) groups excluding carboxylic acids is 1. The number of hydrogen-bond donors (Lipinski definition) is 0. The molecule has 3 heteroatoms. The van der Waals surface area contributed by atoms with Crippen molar-refractivity contribution in [3.63, 3.8) is 0 Å². The quantitative estimate of drug-likeness (QED) is 0.663. The Morgan fingerprint density at radius 3 is 2.20 bits per heavy atom. The third-order valence-corrected chi connectivity index (χ3v) is 4.77. The van der Waals surface area contributed by atoms with Gasteiger partial charge in [0, 0.05) is 18.9 Å². The molecule has 0 saturated heterocycles. The molecular formula is C22H26O3. The predicted octanol–water partition coefficient (Wildman–Crippen LogP) is 4.55. The first-order valence-corrected chi connectivity index (χ1v) is 9.13. The zero-order valence-electron chi connectivity index (χ0n) is 14.6. The number of carbonyl (C=O) groups is 1. The lowest BCUT2D eigenvalue weighted by atomic mass is 9.83. The summed E-state index contributed by atoms with van der Waals surface area (Å²) in [5.41, 5.74) is 2.31.